The van der Waals surface area contributed by atoms with E-state index >= 15 is 0 Å². The summed E-state index contributed by atoms with van der Waals surface area (Å²) in [7, 11) is 1.98. The first-order chi connectivity index (χ1) is 19.0. The number of carbonyl (C=O) groups is 3. The number of nitrogens with one attached hydrogen (secondary N) is 1. The van der Waals surface area contributed by atoms with Gasteiger partial charge in [-0.2, -0.15) is 4.98 Å². The largest absolute Gasteiger partial charge is 0.456 e. The second-order valence-corrected chi connectivity index (χ2v) is 9.71. The highest BCUT2D eigenvalue weighted by Gasteiger charge is 2.50. The number of imidazole rings is 1. The minimum Gasteiger partial charge on any atom is -0.456 e. The van der Waals surface area contributed by atoms with Gasteiger partial charge in [-0.1, -0.05) is 13.8 Å². The van der Waals surface area contributed by atoms with E-state index < -0.39 is 43.1 Å². The van der Waals surface area contributed by atoms with E-state index in [1.165, 1.54) is 24.7 Å². The minimum absolute atomic E-state index is 0.0301. The van der Waals surface area contributed by atoms with Crippen LogP contribution in [0.2, 0.25) is 0 Å². The lowest BCUT2D eigenvalue weighted by Crippen LogP contribution is -2.40. The number of amides is 1. The van der Waals surface area contributed by atoms with Crippen molar-refractivity contribution >= 4 is 40.6 Å². The van der Waals surface area contributed by atoms with E-state index in [-0.39, 0.29) is 23.4 Å². The molecule has 4 heterocycles. The van der Waals surface area contributed by atoms with E-state index in [1.807, 2.05) is 38.5 Å². The van der Waals surface area contributed by atoms with Crippen LogP contribution in [0.15, 0.2) is 30.9 Å². The summed E-state index contributed by atoms with van der Waals surface area (Å²) in [5, 5.41) is 12.7. The number of carbonyl (C=O) groups excluding carboxylic acids is 3. The molecule has 1 aliphatic rings. The van der Waals surface area contributed by atoms with Gasteiger partial charge in [-0.15, -0.1) is 0 Å². The van der Waals surface area contributed by atoms with Crippen molar-refractivity contribution in [2.45, 2.75) is 59.2 Å². The van der Waals surface area contributed by atoms with Crippen molar-refractivity contribution in [3.63, 3.8) is 0 Å². The SMILES string of the molecule is CCN(C)c1cc[n+](-c2nc(NC(=O)C(C)C)nc3c2ncn3[C@@H]2O[C@H](CO)C(OC(C)=O)[C@@H]2OC(C)=O)cc1. The summed E-state index contributed by atoms with van der Waals surface area (Å²) in [6, 6.07) is 3.85. The van der Waals surface area contributed by atoms with Crippen LogP contribution in [0.3, 0.4) is 0 Å². The van der Waals surface area contributed by atoms with Gasteiger partial charge in [0.05, 0.1) is 25.3 Å². The molecule has 0 bridgehead atoms. The molecule has 1 saturated heterocycles. The summed E-state index contributed by atoms with van der Waals surface area (Å²) in [5.41, 5.74) is 1.62. The van der Waals surface area contributed by atoms with Crippen molar-refractivity contribution in [2.24, 2.45) is 5.92 Å². The third-order valence-corrected chi connectivity index (χ3v) is 6.48. The number of anilines is 2. The number of aliphatic hydroxyl groups is 1. The molecule has 0 radical (unpaired) electrons. The highest BCUT2D eigenvalue weighted by molar-refractivity contribution is 5.91. The number of hydrogen-bond acceptors (Lipinski definition) is 11. The van der Waals surface area contributed by atoms with Crippen molar-refractivity contribution in [3.8, 4) is 5.82 Å². The van der Waals surface area contributed by atoms with Crippen LogP contribution in [0.1, 0.15) is 40.8 Å². The fraction of sp³-hybridized carbons (Fsp3) is 0.500. The maximum absolute atomic E-state index is 12.5. The molecular weight excluding hydrogens is 522 g/mol. The Morgan fingerprint density at radius 1 is 1.15 bits per heavy atom. The van der Waals surface area contributed by atoms with E-state index in [0.29, 0.717) is 11.3 Å². The van der Waals surface area contributed by atoms with Gasteiger partial charge in [-0.3, -0.25) is 24.3 Å². The summed E-state index contributed by atoms with van der Waals surface area (Å²) in [5.74, 6) is -1.46. The molecule has 14 heteroatoms. The zero-order valence-electron chi connectivity index (χ0n) is 23.3. The first kappa shape index (κ1) is 28.8. The van der Waals surface area contributed by atoms with Crippen LogP contribution < -0.4 is 14.8 Å². The quantitative estimate of drug-likeness (QED) is 0.285. The third-order valence-electron chi connectivity index (χ3n) is 6.48. The highest BCUT2D eigenvalue weighted by Crippen LogP contribution is 2.36. The lowest BCUT2D eigenvalue weighted by atomic mass is 10.1. The van der Waals surface area contributed by atoms with Crippen LogP contribution in [-0.2, 0) is 28.6 Å². The van der Waals surface area contributed by atoms with Crippen molar-refractivity contribution in [2.75, 3.05) is 30.4 Å². The number of ether oxygens (including phenoxy) is 3. The fourth-order valence-electron chi connectivity index (χ4n) is 4.31. The lowest BCUT2D eigenvalue weighted by Gasteiger charge is -2.23. The molecule has 3 aromatic rings. The third kappa shape index (κ3) is 5.87. The fourth-order valence-corrected chi connectivity index (χ4v) is 4.31. The Morgan fingerprint density at radius 2 is 1.80 bits per heavy atom. The number of aromatic nitrogens is 5. The summed E-state index contributed by atoms with van der Waals surface area (Å²) in [6.45, 7) is 8.30. The number of hydrogen-bond donors (Lipinski definition) is 2. The van der Waals surface area contributed by atoms with Crippen molar-refractivity contribution in [3.05, 3.63) is 30.9 Å². The molecule has 3 aromatic heterocycles. The van der Waals surface area contributed by atoms with Gasteiger partial charge in [0.15, 0.2) is 24.1 Å². The minimum atomic E-state index is -1.11. The Kier molecular flexibility index (Phi) is 8.59. The van der Waals surface area contributed by atoms with E-state index in [0.717, 1.165) is 12.2 Å². The van der Waals surface area contributed by atoms with Gasteiger partial charge >= 0.3 is 23.7 Å². The van der Waals surface area contributed by atoms with Gasteiger partial charge in [0.25, 0.3) is 0 Å². The summed E-state index contributed by atoms with van der Waals surface area (Å²) >= 11 is 0. The number of fused-ring (bicyclic) bond motifs is 1. The molecule has 0 saturated carbocycles. The van der Waals surface area contributed by atoms with Gasteiger partial charge in [-0.25, -0.2) is 9.55 Å². The standard InChI is InChI=1S/C26H33N7O7/c1-7-31(6)17-8-10-32(11-9-17)22-19-23(29-26(28-22)30-24(37)14(2)3)33(13-27-19)25-21(39-16(5)36)20(38-15(4)35)18(12-34)40-25/h8-11,13-14,18,20-21,25,34H,7,12H2,1-6H3/p+1/t18-,20?,21+,25-/m1/s1. The molecule has 1 unspecified atom stereocenters. The van der Waals surface area contributed by atoms with E-state index in [2.05, 4.69) is 25.2 Å². The van der Waals surface area contributed by atoms with E-state index in [9.17, 15) is 19.5 Å². The van der Waals surface area contributed by atoms with Crippen molar-refractivity contribution < 1.29 is 38.3 Å². The molecule has 1 aliphatic heterocycles. The van der Waals surface area contributed by atoms with Crippen LogP contribution in [0.4, 0.5) is 11.6 Å². The molecule has 14 nitrogen and oxygen atoms in total. The Hall–Kier alpha value is -4.17. The molecule has 4 rings (SSSR count). The average molecular weight is 557 g/mol. The number of aliphatic hydroxyl groups excluding tert-OH is 1. The molecule has 214 valence electrons. The summed E-state index contributed by atoms with van der Waals surface area (Å²) in [4.78, 5) is 52.1. The van der Waals surface area contributed by atoms with Gasteiger partial charge in [0.2, 0.25) is 11.4 Å². The number of rotatable bonds is 9. The predicted octanol–water partition coefficient (Wildman–Crippen LogP) is 0.907. The molecule has 1 fully saturated rings. The Bertz CT molecular complexity index is 1390. The Labute approximate surface area is 230 Å². The Balaban J connectivity index is 1.86. The number of nitrogens with zero attached hydrogens (tertiary/aromatic N) is 6. The molecule has 0 aromatic carbocycles. The first-order valence-corrected chi connectivity index (χ1v) is 12.9. The second kappa shape index (κ2) is 11.9. The molecule has 40 heavy (non-hydrogen) atoms. The summed E-state index contributed by atoms with van der Waals surface area (Å²) in [6.07, 6.45) is 0.854. The normalized spacial score (nSPS) is 20.5. The van der Waals surface area contributed by atoms with Crippen molar-refractivity contribution in [1.29, 1.82) is 0 Å². The zero-order chi connectivity index (χ0) is 29.1. The first-order valence-electron chi connectivity index (χ1n) is 12.9. The monoisotopic (exact) mass is 556 g/mol. The van der Waals surface area contributed by atoms with Crippen LogP contribution in [0, 0.1) is 5.92 Å². The molecule has 0 aliphatic carbocycles. The van der Waals surface area contributed by atoms with Crippen molar-refractivity contribution in [1.82, 2.24) is 19.5 Å². The van der Waals surface area contributed by atoms with Crippen LogP contribution in [-0.4, -0.2) is 81.0 Å². The maximum atomic E-state index is 12.5. The van der Waals surface area contributed by atoms with Gasteiger partial charge < -0.3 is 24.2 Å². The van der Waals surface area contributed by atoms with Gasteiger partial charge in [0.1, 0.15) is 6.10 Å². The highest BCUT2D eigenvalue weighted by atomic mass is 16.6. The van der Waals surface area contributed by atoms with E-state index in [4.69, 9.17) is 14.2 Å². The summed E-state index contributed by atoms with van der Waals surface area (Å²) < 4.78 is 20.1. The van der Waals surface area contributed by atoms with Crippen LogP contribution in [0.5, 0.6) is 0 Å². The molecular formula is C26H34N7O7+. The topological polar surface area (TPSA) is 162 Å². The lowest BCUT2D eigenvalue weighted by molar-refractivity contribution is -0.598. The number of esters is 2. The molecule has 2 N–H and O–H groups in total. The molecule has 1 amide bonds. The van der Waals surface area contributed by atoms with Gasteiger partial charge in [0, 0.05) is 56.2 Å². The predicted molar refractivity (Wildman–Crippen MR) is 141 cm³/mol. The second-order valence-electron chi connectivity index (χ2n) is 9.71. The van der Waals surface area contributed by atoms with Crippen LogP contribution >= 0.6 is 0 Å². The van der Waals surface area contributed by atoms with Gasteiger partial charge in [-0.05, 0) is 6.92 Å². The Morgan fingerprint density at radius 3 is 2.38 bits per heavy atom. The number of pyridine rings is 1. The average Bonchev–Trinajstić information content (AvgIpc) is 3.48. The molecule has 4 atom stereocenters. The zero-order valence-corrected chi connectivity index (χ0v) is 23.3. The van der Waals surface area contributed by atoms with Crippen LogP contribution in [0.25, 0.3) is 17.0 Å². The smallest absolute Gasteiger partial charge is 0.361 e. The maximum Gasteiger partial charge on any atom is 0.361 e. The molecule has 0 spiro atoms. The van der Waals surface area contributed by atoms with E-state index in [1.54, 1.807) is 18.4 Å².